The lowest BCUT2D eigenvalue weighted by molar-refractivity contribution is 0.507. The lowest BCUT2D eigenvalue weighted by atomic mass is 10.1. The number of furan rings is 1. The number of benzene rings is 1. The lowest BCUT2D eigenvalue weighted by Crippen LogP contribution is -2.17. The summed E-state index contributed by atoms with van der Waals surface area (Å²) >= 11 is 0. The molecule has 20 heavy (non-hydrogen) atoms. The predicted octanol–water partition coefficient (Wildman–Crippen LogP) is 2.92. The second kappa shape index (κ2) is 5.35. The molecule has 2 heterocycles. The molecule has 0 saturated heterocycles. The van der Waals surface area contributed by atoms with Crippen LogP contribution in [0.4, 0.5) is 5.69 Å². The molecule has 0 fully saturated rings. The molecule has 0 aliphatic carbocycles. The molecule has 0 amide bonds. The van der Waals surface area contributed by atoms with Gasteiger partial charge in [0.1, 0.15) is 5.76 Å². The molecule has 2 aromatic heterocycles. The van der Waals surface area contributed by atoms with Gasteiger partial charge < -0.3 is 15.1 Å². The Morgan fingerprint density at radius 3 is 2.80 bits per heavy atom. The number of para-hydroxylation sites is 1. The first kappa shape index (κ1) is 12.7. The van der Waals surface area contributed by atoms with Crippen LogP contribution in [0.5, 0.6) is 0 Å². The molecule has 1 aromatic carbocycles. The van der Waals surface area contributed by atoms with Crippen LogP contribution in [0, 0.1) is 0 Å². The SMILES string of the molecule is CN(Cc1ccco1)c1cc(CN)nc2ccccc12. The van der Waals surface area contributed by atoms with Crippen LogP contribution in [0.2, 0.25) is 0 Å². The van der Waals surface area contributed by atoms with E-state index in [-0.39, 0.29) is 0 Å². The van der Waals surface area contributed by atoms with E-state index in [1.165, 1.54) is 0 Å². The molecular formula is C16H17N3O. The van der Waals surface area contributed by atoms with Gasteiger partial charge in [0, 0.05) is 24.7 Å². The summed E-state index contributed by atoms with van der Waals surface area (Å²) in [5, 5.41) is 1.12. The van der Waals surface area contributed by atoms with Gasteiger partial charge in [-0.1, -0.05) is 18.2 Å². The highest BCUT2D eigenvalue weighted by Crippen LogP contribution is 2.27. The third kappa shape index (κ3) is 2.38. The summed E-state index contributed by atoms with van der Waals surface area (Å²) in [6, 6.07) is 14.0. The molecule has 2 N–H and O–H groups in total. The number of nitrogens with two attached hydrogens (primary N) is 1. The van der Waals surface area contributed by atoms with Gasteiger partial charge >= 0.3 is 0 Å². The summed E-state index contributed by atoms with van der Waals surface area (Å²) in [6.07, 6.45) is 1.69. The largest absolute Gasteiger partial charge is 0.467 e. The molecule has 0 atom stereocenters. The maximum Gasteiger partial charge on any atom is 0.123 e. The van der Waals surface area contributed by atoms with Crippen molar-refractivity contribution >= 4 is 16.6 Å². The Labute approximate surface area is 117 Å². The number of hydrogen-bond donors (Lipinski definition) is 1. The molecule has 3 aromatic rings. The van der Waals surface area contributed by atoms with E-state index < -0.39 is 0 Å². The zero-order valence-corrected chi connectivity index (χ0v) is 11.4. The van der Waals surface area contributed by atoms with Crippen molar-refractivity contribution in [2.24, 2.45) is 5.73 Å². The molecule has 102 valence electrons. The highest BCUT2D eigenvalue weighted by Gasteiger charge is 2.10. The Morgan fingerprint density at radius 2 is 2.05 bits per heavy atom. The minimum Gasteiger partial charge on any atom is -0.467 e. The minimum absolute atomic E-state index is 0.437. The van der Waals surface area contributed by atoms with E-state index in [0.29, 0.717) is 13.1 Å². The predicted molar refractivity (Wildman–Crippen MR) is 80.4 cm³/mol. The normalized spacial score (nSPS) is 10.9. The van der Waals surface area contributed by atoms with E-state index in [9.17, 15) is 0 Å². The Morgan fingerprint density at radius 1 is 1.20 bits per heavy atom. The second-order valence-corrected chi connectivity index (χ2v) is 4.79. The lowest BCUT2D eigenvalue weighted by Gasteiger charge is -2.20. The van der Waals surface area contributed by atoms with Crippen molar-refractivity contribution in [3.8, 4) is 0 Å². The smallest absolute Gasteiger partial charge is 0.123 e. The summed E-state index contributed by atoms with van der Waals surface area (Å²) in [7, 11) is 2.05. The number of rotatable bonds is 4. The molecule has 0 unspecified atom stereocenters. The monoisotopic (exact) mass is 267 g/mol. The van der Waals surface area contributed by atoms with Crippen molar-refractivity contribution in [3.05, 3.63) is 60.2 Å². The molecule has 4 nitrogen and oxygen atoms in total. The van der Waals surface area contributed by atoms with Crippen molar-refractivity contribution in [2.45, 2.75) is 13.1 Å². The molecule has 0 aliphatic heterocycles. The molecule has 0 radical (unpaired) electrons. The van der Waals surface area contributed by atoms with Crippen LogP contribution in [0.3, 0.4) is 0 Å². The summed E-state index contributed by atoms with van der Waals surface area (Å²) in [5.41, 5.74) is 8.73. The van der Waals surface area contributed by atoms with Crippen molar-refractivity contribution in [1.82, 2.24) is 4.98 Å². The van der Waals surface area contributed by atoms with E-state index in [1.807, 2.05) is 43.4 Å². The third-order valence-corrected chi connectivity index (χ3v) is 3.34. The topological polar surface area (TPSA) is 55.3 Å². The van der Waals surface area contributed by atoms with Crippen LogP contribution < -0.4 is 10.6 Å². The molecule has 0 saturated carbocycles. The highest BCUT2D eigenvalue weighted by atomic mass is 16.3. The van der Waals surface area contributed by atoms with Crippen molar-refractivity contribution < 1.29 is 4.42 Å². The van der Waals surface area contributed by atoms with Crippen LogP contribution in [0.15, 0.2) is 53.1 Å². The van der Waals surface area contributed by atoms with E-state index >= 15 is 0 Å². The summed E-state index contributed by atoms with van der Waals surface area (Å²) in [5.74, 6) is 0.933. The fraction of sp³-hybridized carbons (Fsp3) is 0.188. The van der Waals surface area contributed by atoms with Crippen LogP contribution in [0.25, 0.3) is 10.9 Å². The number of anilines is 1. The zero-order chi connectivity index (χ0) is 13.9. The third-order valence-electron chi connectivity index (χ3n) is 3.34. The van der Waals surface area contributed by atoms with Crippen molar-refractivity contribution in [2.75, 3.05) is 11.9 Å². The van der Waals surface area contributed by atoms with E-state index in [4.69, 9.17) is 10.2 Å². The number of fused-ring (bicyclic) bond motifs is 1. The first-order valence-corrected chi connectivity index (χ1v) is 6.60. The van der Waals surface area contributed by atoms with Crippen molar-refractivity contribution in [1.29, 1.82) is 0 Å². The van der Waals surface area contributed by atoms with Gasteiger partial charge in [-0.15, -0.1) is 0 Å². The van der Waals surface area contributed by atoms with Crippen LogP contribution in [-0.4, -0.2) is 12.0 Å². The molecule has 0 spiro atoms. The van der Waals surface area contributed by atoms with Gasteiger partial charge in [0.25, 0.3) is 0 Å². The average molecular weight is 267 g/mol. The first-order chi connectivity index (χ1) is 9.78. The highest BCUT2D eigenvalue weighted by molar-refractivity contribution is 5.91. The zero-order valence-electron chi connectivity index (χ0n) is 11.4. The molecular weight excluding hydrogens is 250 g/mol. The van der Waals surface area contributed by atoms with E-state index in [1.54, 1.807) is 6.26 Å². The van der Waals surface area contributed by atoms with Gasteiger partial charge in [-0.05, 0) is 24.3 Å². The number of aromatic nitrogens is 1. The van der Waals surface area contributed by atoms with Gasteiger partial charge in [-0.2, -0.15) is 0 Å². The van der Waals surface area contributed by atoms with Crippen LogP contribution in [0.1, 0.15) is 11.5 Å². The van der Waals surface area contributed by atoms with E-state index in [2.05, 4.69) is 16.0 Å². The molecule has 0 bridgehead atoms. The maximum absolute atomic E-state index is 5.75. The second-order valence-electron chi connectivity index (χ2n) is 4.79. The molecule has 4 heteroatoms. The number of nitrogens with zero attached hydrogens (tertiary/aromatic N) is 2. The molecule has 0 aliphatic rings. The fourth-order valence-corrected chi connectivity index (χ4v) is 2.35. The number of hydrogen-bond acceptors (Lipinski definition) is 4. The van der Waals surface area contributed by atoms with Gasteiger partial charge in [0.2, 0.25) is 0 Å². The first-order valence-electron chi connectivity index (χ1n) is 6.60. The van der Waals surface area contributed by atoms with Crippen LogP contribution >= 0.6 is 0 Å². The maximum atomic E-state index is 5.75. The Kier molecular flexibility index (Phi) is 3.39. The summed E-state index contributed by atoms with van der Waals surface area (Å²) < 4.78 is 5.41. The van der Waals surface area contributed by atoms with Crippen molar-refractivity contribution in [3.63, 3.8) is 0 Å². The Balaban J connectivity index is 2.04. The number of pyridine rings is 1. The summed E-state index contributed by atoms with van der Waals surface area (Å²) in [4.78, 5) is 6.71. The molecule has 3 rings (SSSR count). The van der Waals surface area contributed by atoms with E-state index in [0.717, 1.165) is 28.0 Å². The van der Waals surface area contributed by atoms with Gasteiger partial charge in [0.15, 0.2) is 0 Å². The average Bonchev–Trinajstić information content (AvgIpc) is 2.98. The summed E-state index contributed by atoms with van der Waals surface area (Å²) in [6.45, 7) is 1.15. The van der Waals surface area contributed by atoms with Gasteiger partial charge in [-0.25, -0.2) is 0 Å². The quantitative estimate of drug-likeness (QED) is 0.789. The standard InChI is InChI=1S/C16H17N3O/c1-19(11-13-5-4-8-20-13)16-9-12(10-17)18-15-7-3-2-6-14(15)16/h2-9H,10-11,17H2,1H3. The van der Waals surface area contributed by atoms with Gasteiger partial charge in [-0.3, -0.25) is 4.98 Å². The Hall–Kier alpha value is -2.33. The minimum atomic E-state index is 0.437. The fourth-order valence-electron chi connectivity index (χ4n) is 2.35. The Bertz CT molecular complexity index is 707. The van der Waals surface area contributed by atoms with Gasteiger partial charge in [0.05, 0.1) is 24.0 Å². The van der Waals surface area contributed by atoms with Crippen LogP contribution in [-0.2, 0) is 13.1 Å².